The summed E-state index contributed by atoms with van der Waals surface area (Å²) in [6, 6.07) is 4.02. The van der Waals surface area contributed by atoms with Crippen LogP contribution in [0.2, 0.25) is 0 Å². The minimum absolute atomic E-state index is 0.184. The molecule has 3 rings (SSSR count). The predicted octanol–water partition coefficient (Wildman–Crippen LogP) is 3.94. The lowest BCUT2D eigenvalue weighted by molar-refractivity contribution is -0.133. The van der Waals surface area contributed by atoms with Crippen LogP contribution in [-0.2, 0) is 11.2 Å². The lowest BCUT2D eigenvalue weighted by Crippen LogP contribution is -2.40. The van der Waals surface area contributed by atoms with Gasteiger partial charge in [0, 0.05) is 25.1 Å². The van der Waals surface area contributed by atoms with Crippen molar-refractivity contribution in [1.29, 1.82) is 0 Å². The normalized spacial score (nSPS) is 21.9. The van der Waals surface area contributed by atoms with Crippen LogP contribution < -0.4 is 0 Å². The molecule has 0 aromatic heterocycles. The van der Waals surface area contributed by atoms with E-state index in [2.05, 4.69) is 0 Å². The summed E-state index contributed by atoms with van der Waals surface area (Å²) in [5, 5.41) is 0. The summed E-state index contributed by atoms with van der Waals surface area (Å²) in [5.74, 6) is 0.315. The van der Waals surface area contributed by atoms with E-state index in [9.17, 15) is 13.6 Å². The van der Waals surface area contributed by atoms with Crippen LogP contribution in [0.3, 0.4) is 0 Å². The average molecular weight is 307 g/mol. The molecular weight excluding hydrogens is 284 g/mol. The smallest absolute Gasteiger partial charge is 0.222 e. The third-order valence-electron chi connectivity index (χ3n) is 4.90. The summed E-state index contributed by atoms with van der Waals surface area (Å²) >= 11 is 0. The van der Waals surface area contributed by atoms with Crippen LogP contribution in [0.4, 0.5) is 8.78 Å². The minimum Gasteiger partial charge on any atom is -0.342 e. The van der Waals surface area contributed by atoms with Gasteiger partial charge in [-0.1, -0.05) is 6.07 Å². The molecule has 1 atom stereocenters. The zero-order valence-corrected chi connectivity index (χ0v) is 12.9. The second-order valence-corrected chi connectivity index (χ2v) is 6.73. The van der Waals surface area contributed by atoms with E-state index < -0.39 is 11.6 Å². The van der Waals surface area contributed by atoms with Gasteiger partial charge in [-0.2, -0.15) is 0 Å². The maximum atomic E-state index is 13.7. The molecule has 2 nitrogen and oxygen atoms in total. The van der Waals surface area contributed by atoms with Gasteiger partial charge in [-0.3, -0.25) is 4.79 Å². The number of hydrogen-bond acceptors (Lipinski definition) is 1. The van der Waals surface area contributed by atoms with Gasteiger partial charge < -0.3 is 4.90 Å². The lowest BCUT2D eigenvalue weighted by Gasteiger charge is -2.33. The van der Waals surface area contributed by atoms with Crippen molar-refractivity contribution in [2.75, 3.05) is 13.1 Å². The van der Waals surface area contributed by atoms with Crippen LogP contribution in [0.15, 0.2) is 18.2 Å². The third-order valence-corrected chi connectivity index (χ3v) is 4.90. The highest BCUT2D eigenvalue weighted by Crippen LogP contribution is 2.33. The Kier molecular flexibility index (Phi) is 4.74. The zero-order valence-electron chi connectivity index (χ0n) is 12.9. The lowest BCUT2D eigenvalue weighted by atomic mass is 9.91. The standard InChI is InChI=1S/C18H23F2NO/c19-16-4-1-5-17(20)15(16)9-8-14-3-2-10-21(12-14)18(22)11-13-6-7-13/h1,4-5,13-14H,2-3,6-12H2/t14-/m0/s1. The maximum Gasteiger partial charge on any atom is 0.222 e. The Morgan fingerprint density at radius 2 is 1.86 bits per heavy atom. The van der Waals surface area contributed by atoms with Crippen molar-refractivity contribution in [2.24, 2.45) is 11.8 Å². The van der Waals surface area contributed by atoms with E-state index in [1.165, 1.54) is 31.0 Å². The number of amides is 1. The van der Waals surface area contributed by atoms with Gasteiger partial charge >= 0.3 is 0 Å². The highest BCUT2D eigenvalue weighted by molar-refractivity contribution is 5.76. The van der Waals surface area contributed by atoms with E-state index in [0.29, 0.717) is 24.7 Å². The topological polar surface area (TPSA) is 20.3 Å². The van der Waals surface area contributed by atoms with Gasteiger partial charge in [0.15, 0.2) is 0 Å². The number of hydrogen-bond donors (Lipinski definition) is 0. The highest BCUT2D eigenvalue weighted by atomic mass is 19.1. The molecule has 1 heterocycles. The van der Waals surface area contributed by atoms with Gasteiger partial charge in [0.2, 0.25) is 5.91 Å². The van der Waals surface area contributed by atoms with Crippen molar-refractivity contribution < 1.29 is 13.6 Å². The third kappa shape index (κ3) is 3.84. The van der Waals surface area contributed by atoms with Gasteiger partial charge in [-0.15, -0.1) is 0 Å². The number of benzene rings is 1. The van der Waals surface area contributed by atoms with E-state index in [0.717, 1.165) is 32.4 Å². The number of halogens is 2. The van der Waals surface area contributed by atoms with Gasteiger partial charge in [-0.25, -0.2) is 8.78 Å². The van der Waals surface area contributed by atoms with Crippen molar-refractivity contribution in [2.45, 2.75) is 44.9 Å². The minimum atomic E-state index is -0.461. The second kappa shape index (κ2) is 6.76. The number of carbonyl (C=O) groups excluding carboxylic acids is 1. The van der Waals surface area contributed by atoms with Crippen LogP contribution in [0.25, 0.3) is 0 Å². The molecule has 0 radical (unpaired) electrons. The maximum absolute atomic E-state index is 13.7. The molecule has 0 bridgehead atoms. The number of likely N-dealkylation sites (tertiary alicyclic amines) is 1. The molecule has 0 spiro atoms. The van der Waals surface area contributed by atoms with E-state index in [-0.39, 0.29) is 11.5 Å². The molecule has 22 heavy (non-hydrogen) atoms. The van der Waals surface area contributed by atoms with Crippen LogP contribution in [-0.4, -0.2) is 23.9 Å². The number of piperidine rings is 1. The molecule has 1 aromatic rings. The first-order valence-corrected chi connectivity index (χ1v) is 8.34. The quantitative estimate of drug-likeness (QED) is 0.807. The summed E-state index contributed by atoms with van der Waals surface area (Å²) in [6.45, 7) is 1.59. The van der Waals surface area contributed by atoms with Crippen molar-refractivity contribution in [3.63, 3.8) is 0 Å². The first-order valence-electron chi connectivity index (χ1n) is 8.34. The van der Waals surface area contributed by atoms with Gasteiger partial charge in [0.05, 0.1) is 0 Å². The fourth-order valence-corrected chi connectivity index (χ4v) is 3.34. The van der Waals surface area contributed by atoms with E-state index in [4.69, 9.17) is 0 Å². The summed E-state index contributed by atoms with van der Waals surface area (Å²) in [6.07, 6.45) is 6.27. The molecule has 2 fully saturated rings. The monoisotopic (exact) mass is 307 g/mol. The summed E-state index contributed by atoms with van der Waals surface area (Å²) in [4.78, 5) is 14.1. The van der Waals surface area contributed by atoms with Crippen LogP contribution in [0, 0.1) is 23.5 Å². The molecule has 120 valence electrons. The van der Waals surface area contributed by atoms with Crippen molar-refractivity contribution in [3.8, 4) is 0 Å². The van der Waals surface area contributed by atoms with Gasteiger partial charge in [0.25, 0.3) is 0 Å². The highest BCUT2D eigenvalue weighted by Gasteiger charge is 2.29. The predicted molar refractivity (Wildman–Crippen MR) is 81.3 cm³/mol. The van der Waals surface area contributed by atoms with Crippen molar-refractivity contribution >= 4 is 5.91 Å². The molecule has 1 saturated heterocycles. The van der Waals surface area contributed by atoms with E-state index in [1.54, 1.807) is 0 Å². The second-order valence-electron chi connectivity index (χ2n) is 6.73. The summed E-state index contributed by atoms with van der Waals surface area (Å²) in [5.41, 5.74) is 0.184. The molecule has 2 aliphatic rings. The molecule has 1 aliphatic carbocycles. The first-order chi connectivity index (χ1) is 10.6. The Morgan fingerprint density at radius 1 is 1.14 bits per heavy atom. The Balaban J connectivity index is 1.52. The van der Waals surface area contributed by atoms with Crippen LogP contribution >= 0.6 is 0 Å². The number of nitrogens with zero attached hydrogens (tertiary/aromatic N) is 1. The summed E-state index contributed by atoms with van der Waals surface area (Å²) < 4.78 is 27.3. The Hall–Kier alpha value is -1.45. The molecule has 4 heteroatoms. The van der Waals surface area contributed by atoms with Crippen molar-refractivity contribution in [1.82, 2.24) is 4.90 Å². The van der Waals surface area contributed by atoms with Crippen LogP contribution in [0.1, 0.15) is 44.1 Å². The largest absolute Gasteiger partial charge is 0.342 e. The molecule has 1 aromatic carbocycles. The Bertz CT molecular complexity index is 522. The van der Waals surface area contributed by atoms with Gasteiger partial charge in [0.1, 0.15) is 11.6 Å². The van der Waals surface area contributed by atoms with Crippen LogP contribution in [0.5, 0.6) is 0 Å². The molecule has 1 saturated carbocycles. The average Bonchev–Trinajstić information content (AvgIpc) is 3.31. The first kappa shape index (κ1) is 15.4. The molecule has 1 aliphatic heterocycles. The molecular formula is C18H23F2NO. The fourth-order valence-electron chi connectivity index (χ4n) is 3.34. The fraction of sp³-hybridized carbons (Fsp3) is 0.611. The molecule has 0 unspecified atom stereocenters. The zero-order chi connectivity index (χ0) is 15.5. The van der Waals surface area contributed by atoms with Gasteiger partial charge in [-0.05, 0) is 62.5 Å². The summed E-state index contributed by atoms with van der Waals surface area (Å²) in [7, 11) is 0. The number of carbonyl (C=O) groups is 1. The Labute approximate surface area is 130 Å². The SMILES string of the molecule is O=C(CC1CC1)N1CCC[C@@H](CCc2c(F)cccc2F)C1. The molecule has 0 N–H and O–H groups in total. The number of rotatable bonds is 5. The Morgan fingerprint density at radius 3 is 2.55 bits per heavy atom. The van der Waals surface area contributed by atoms with E-state index in [1.807, 2.05) is 4.90 Å². The van der Waals surface area contributed by atoms with Crippen molar-refractivity contribution in [3.05, 3.63) is 35.4 Å². The molecule has 1 amide bonds. The van der Waals surface area contributed by atoms with E-state index >= 15 is 0 Å².